The van der Waals surface area contributed by atoms with Gasteiger partial charge >= 0.3 is 0 Å². The van der Waals surface area contributed by atoms with Crippen LogP contribution in [-0.4, -0.2) is 52.4 Å². The molecule has 0 aliphatic carbocycles. The van der Waals surface area contributed by atoms with Gasteiger partial charge in [0, 0.05) is 31.7 Å². The number of aromatic nitrogens is 1. The zero-order chi connectivity index (χ0) is 16.8. The van der Waals surface area contributed by atoms with Crippen LogP contribution in [0.2, 0.25) is 0 Å². The van der Waals surface area contributed by atoms with E-state index in [9.17, 15) is 14.9 Å². The Morgan fingerprint density at radius 1 is 1.65 bits per heavy atom. The highest BCUT2D eigenvalue weighted by molar-refractivity contribution is 5.81. The van der Waals surface area contributed by atoms with E-state index in [4.69, 9.17) is 0 Å². The van der Waals surface area contributed by atoms with Crippen molar-refractivity contribution in [2.75, 3.05) is 25.0 Å². The summed E-state index contributed by atoms with van der Waals surface area (Å²) in [5.74, 6) is 0.588. The molecule has 0 aromatic carbocycles. The van der Waals surface area contributed by atoms with Crippen LogP contribution in [0, 0.1) is 10.1 Å². The summed E-state index contributed by atoms with van der Waals surface area (Å²) in [6.07, 6.45) is 3.78. The molecule has 2 heterocycles. The van der Waals surface area contributed by atoms with Crippen LogP contribution in [0.25, 0.3) is 0 Å². The van der Waals surface area contributed by atoms with Crippen LogP contribution in [0.4, 0.5) is 11.5 Å². The molecule has 0 unspecified atom stereocenters. The minimum Gasteiger partial charge on any atom is -0.366 e. The molecule has 1 aromatic heterocycles. The van der Waals surface area contributed by atoms with Crippen molar-refractivity contribution in [3.63, 3.8) is 0 Å². The molecule has 0 bridgehead atoms. The molecular weight excluding hydrogens is 298 g/mol. The molecule has 1 fully saturated rings. The van der Waals surface area contributed by atoms with E-state index >= 15 is 0 Å². The van der Waals surface area contributed by atoms with Crippen LogP contribution in [0.15, 0.2) is 31.0 Å². The average Bonchev–Trinajstić information content (AvgIpc) is 3.00. The summed E-state index contributed by atoms with van der Waals surface area (Å²) in [5, 5.41) is 16.7. The molecule has 1 aromatic rings. The molecule has 8 nitrogen and oxygen atoms in total. The Labute approximate surface area is 134 Å². The van der Waals surface area contributed by atoms with Gasteiger partial charge in [-0.2, -0.15) is 0 Å². The van der Waals surface area contributed by atoms with Gasteiger partial charge in [-0.05, 0) is 19.4 Å². The lowest BCUT2D eigenvalue weighted by Gasteiger charge is -2.23. The van der Waals surface area contributed by atoms with Gasteiger partial charge in [-0.1, -0.05) is 6.08 Å². The van der Waals surface area contributed by atoms with Crippen molar-refractivity contribution in [1.82, 2.24) is 15.2 Å². The Morgan fingerprint density at radius 3 is 3.04 bits per heavy atom. The number of carbonyl (C=O) groups excluding carboxylic acids is 1. The van der Waals surface area contributed by atoms with Crippen molar-refractivity contribution in [3.05, 3.63) is 41.1 Å². The van der Waals surface area contributed by atoms with Crippen molar-refractivity contribution in [2.24, 2.45) is 0 Å². The molecule has 2 atom stereocenters. The lowest BCUT2D eigenvalue weighted by Crippen LogP contribution is -2.44. The number of nitrogens with one attached hydrogen (secondary N) is 2. The fraction of sp³-hybridized carbons (Fsp3) is 0.467. The second-order valence-corrected chi connectivity index (χ2v) is 5.49. The van der Waals surface area contributed by atoms with Crippen LogP contribution < -0.4 is 10.6 Å². The molecule has 8 heteroatoms. The molecule has 2 N–H and O–H groups in total. The van der Waals surface area contributed by atoms with Crippen molar-refractivity contribution in [3.8, 4) is 0 Å². The van der Waals surface area contributed by atoms with Crippen LogP contribution in [0.3, 0.4) is 0 Å². The van der Waals surface area contributed by atoms with E-state index in [0.29, 0.717) is 12.4 Å². The molecule has 0 saturated carbocycles. The van der Waals surface area contributed by atoms with Crippen LogP contribution >= 0.6 is 0 Å². The van der Waals surface area contributed by atoms with Gasteiger partial charge in [0.25, 0.3) is 5.69 Å². The second kappa shape index (κ2) is 7.68. The van der Waals surface area contributed by atoms with Gasteiger partial charge in [0.2, 0.25) is 5.91 Å². The van der Waals surface area contributed by atoms with Gasteiger partial charge < -0.3 is 10.6 Å². The van der Waals surface area contributed by atoms with E-state index in [1.54, 1.807) is 12.1 Å². The summed E-state index contributed by atoms with van der Waals surface area (Å²) >= 11 is 0. The smallest absolute Gasteiger partial charge is 0.287 e. The molecule has 1 amide bonds. The van der Waals surface area contributed by atoms with Gasteiger partial charge in [-0.25, -0.2) is 4.98 Å². The third-order valence-electron chi connectivity index (χ3n) is 3.88. The maximum absolute atomic E-state index is 12.0. The molecule has 1 aliphatic heterocycles. The number of likely N-dealkylation sites (tertiary alicyclic amines) is 1. The number of hydrogen-bond acceptors (Lipinski definition) is 6. The van der Waals surface area contributed by atoms with Gasteiger partial charge in [0.1, 0.15) is 12.0 Å². The number of hydrogen-bond donors (Lipinski definition) is 2. The summed E-state index contributed by atoms with van der Waals surface area (Å²) < 4.78 is 0. The fourth-order valence-electron chi connectivity index (χ4n) is 2.53. The molecule has 1 saturated heterocycles. The highest BCUT2D eigenvalue weighted by Gasteiger charge is 2.29. The van der Waals surface area contributed by atoms with Crippen molar-refractivity contribution in [1.29, 1.82) is 0 Å². The van der Waals surface area contributed by atoms with E-state index in [0.717, 1.165) is 19.5 Å². The molecule has 1 aliphatic rings. The highest BCUT2D eigenvalue weighted by Crippen LogP contribution is 2.18. The number of rotatable bonds is 7. The van der Waals surface area contributed by atoms with Crippen molar-refractivity contribution in [2.45, 2.75) is 25.4 Å². The number of anilines is 1. The fourth-order valence-corrected chi connectivity index (χ4v) is 2.53. The minimum atomic E-state index is -0.475. The largest absolute Gasteiger partial charge is 0.366 e. The average molecular weight is 319 g/mol. The van der Waals surface area contributed by atoms with Crippen LogP contribution in [-0.2, 0) is 4.79 Å². The minimum absolute atomic E-state index is 0.0148. The first-order valence-corrected chi connectivity index (χ1v) is 7.51. The van der Waals surface area contributed by atoms with Gasteiger partial charge in [0.15, 0.2) is 0 Å². The molecule has 0 radical (unpaired) electrons. The maximum Gasteiger partial charge on any atom is 0.287 e. The highest BCUT2D eigenvalue weighted by atomic mass is 16.6. The molecule has 2 rings (SSSR count). The predicted molar refractivity (Wildman–Crippen MR) is 87.2 cm³/mol. The third kappa shape index (κ3) is 4.49. The normalized spacial score (nSPS) is 19.1. The Hall–Kier alpha value is -2.48. The molecule has 23 heavy (non-hydrogen) atoms. The van der Waals surface area contributed by atoms with Gasteiger partial charge in [-0.15, -0.1) is 6.58 Å². The molecular formula is C15H21N5O3. The second-order valence-electron chi connectivity index (χ2n) is 5.49. The summed E-state index contributed by atoms with van der Waals surface area (Å²) in [6.45, 7) is 7.46. The Morgan fingerprint density at radius 2 is 2.43 bits per heavy atom. The lowest BCUT2D eigenvalue weighted by molar-refractivity contribution is -0.385. The van der Waals surface area contributed by atoms with Crippen LogP contribution in [0.5, 0.6) is 0 Å². The summed E-state index contributed by atoms with van der Waals surface area (Å²) in [7, 11) is 0. The first-order chi connectivity index (χ1) is 11.0. The van der Waals surface area contributed by atoms with Gasteiger partial charge in [-0.3, -0.25) is 19.8 Å². The number of carbonyl (C=O) groups is 1. The standard InChI is InChI=1S/C15H21N5O3/c1-3-7-16-15(21)11(2)19-8-6-12(10-19)18-14-5-4-13(9-17-14)20(22)23/h3-5,9,11-12H,1,6-8,10H2,2H3,(H,16,21)(H,17,18)/t11-,12+/m0/s1. The maximum atomic E-state index is 12.0. The van der Waals surface area contributed by atoms with E-state index < -0.39 is 4.92 Å². The van der Waals surface area contributed by atoms with Crippen molar-refractivity contribution >= 4 is 17.4 Å². The van der Waals surface area contributed by atoms with E-state index in [-0.39, 0.29) is 23.7 Å². The number of amides is 1. The predicted octanol–water partition coefficient (Wildman–Crippen LogP) is 1.17. The lowest BCUT2D eigenvalue weighted by atomic mass is 10.2. The Bertz CT molecular complexity index is 575. The van der Waals surface area contributed by atoms with Gasteiger partial charge in [0.05, 0.1) is 11.0 Å². The summed E-state index contributed by atoms with van der Waals surface area (Å²) in [6, 6.07) is 2.99. The zero-order valence-electron chi connectivity index (χ0n) is 13.1. The number of pyridine rings is 1. The number of nitro groups is 1. The van der Waals surface area contributed by atoms with E-state index in [1.165, 1.54) is 12.3 Å². The summed E-state index contributed by atoms with van der Waals surface area (Å²) in [5.41, 5.74) is -0.0314. The quantitative estimate of drug-likeness (QED) is 0.444. The SMILES string of the molecule is C=CCNC(=O)[C@H](C)N1CC[C@@H](Nc2ccc([N+](=O)[O-])cn2)C1. The number of nitrogens with zero attached hydrogens (tertiary/aromatic N) is 3. The Kier molecular flexibility index (Phi) is 5.64. The topological polar surface area (TPSA) is 100 Å². The van der Waals surface area contributed by atoms with Crippen molar-refractivity contribution < 1.29 is 9.72 Å². The first kappa shape index (κ1) is 16.9. The third-order valence-corrected chi connectivity index (χ3v) is 3.88. The van der Waals surface area contributed by atoms with E-state index in [2.05, 4.69) is 27.1 Å². The molecule has 0 spiro atoms. The monoisotopic (exact) mass is 319 g/mol. The first-order valence-electron chi connectivity index (χ1n) is 7.51. The summed E-state index contributed by atoms with van der Waals surface area (Å²) in [4.78, 5) is 28.2. The van der Waals surface area contributed by atoms with E-state index in [1.807, 2.05) is 6.92 Å². The molecule has 124 valence electrons. The Balaban J connectivity index is 1.86. The van der Waals surface area contributed by atoms with Crippen LogP contribution in [0.1, 0.15) is 13.3 Å². The zero-order valence-corrected chi connectivity index (χ0v) is 13.1.